The Morgan fingerprint density at radius 2 is 1.75 bits per heavy atom. The third-order valence-corrected chi connectivity index (χ3v) is 4.41. The first-order valence-corrected chi connectivity index (χ1v) is 7.60. The van der Waals surface area contributed by atoms with Gasteiger partial charge in [-0.25, -0.2) is 8.42 Å². The molecule has 0 saturated heterocycles. The second-order valence-corrected chi connectivity index (χ2v) is 6.44. The highest BCUT2D eigenvalue weighted by molar-refractivity contribution is 7.92. The number of aryl methyl sites for hydroxylation is 3. The number of anilines is 2. The van der Waals surface area contributed by atoms with Crippen LogP contribution in [0.1, 0.15) is 16.7 Å². The molecule has 0 saturated carbocycles. The van der Waals surface area contributed by atoms with Crippen molar-refractivity contribution < 1.29 is 8.42 Å². The Bertz CT molecular complexity index is 732. The van der Waals surface area contributed by atoms with Crippen LogP contribution in [0.5, 0.6) is 0 Å². The van der Waals surface area contributed by atoms with Gasteiger partial charge in [0.05, 0.1) is 11.4 Å². The third-order valence-electron chi connectivity index (χ3n) is 3.02. The van der Waals surface area contributed by atoms with Crippen molar-refractivity contribution >= 4 is 21.4 Å². The number of hydrogen-bond acceptors (Lipinski definition) is 4. The maximum atomic E-state index is 12.4. The molecule has 6 heteroatoms. The summed E-state index contributed by atoms with van der Waals surface area (Å²) in [6, 6.07) is 5.32. The number of nitrogens with zero attached hydrogens (tertiary/aromatic N) is 1. The molecule has 106 valence electrons. The van der Waals surface area contributed by atoms with E-state index in [1.807, 2.05) is 32.9 Å². The second-order valence-electron chi connectivity index (χ2n) is 4.79. The summed E-state index contributed by atoms with van der Waals surface area (Å²) in [7, 11) is -3.74. The summed E-state index contributed by atoms with van der Waals surface area (Å²) in [5.74, 6) is 0. The molecule has 3 N–H and O–H groups in total. The summed E-state index contributed by atoms with van der Waals surface area (Å²) in [6.45, 7) is 5.70. The number of pyridine rings is 1. The third kappa shape index (κ3) is 2.75. The molecule has 5 nitrogen and oxygen atoms in total. The van der Waals surface area contributed by atoms with Crippen LogP contribution in [0, 0.1) is 20.8 Å². The van der Waals surface area contributed by atoms with Gasteiger partial charge in [-0.1, -0.05) is 17.7 Å². The number of aromatic nitrogens is 1. The number of benzene rings is 1. The lowest BCUT2D eigenvalue weighted by Gasteiger charge is -2.15. The average Bonchev–Trinajstić information content (AvgIpc) is 2.34. The number of nitrogens with two attached hydrogens (primary N) is 1. The highest BCUT2D eigenvalue weighted by atomic mass is 32.2. The number of sulfonamides is 1. The fourth-order valence-corrected chi connectivity index (χ4v) is 3.42. The number of nitrogens with one attached hydrogen (secondary N) is 1. The highest BCUT2D eigenvalue weighted by Gasteiger charge is 2.19. The van der Waals surface area contributed by atoms with Crippen LogP contribution >= 0.6 is 0 Å². The maximum Gasteiger partial charge on any atom is 0.265 e. The molecule has 20 heavy (non-hydrogen) atoms. The quantitative estimate of drug-likeness (QED) is 0.909. The molecule has 2 aromatic rings. The molecular weight excluding hydrogens is 274 g/mol. The normalized spacial score (nSPS) is 11.3. The Labute approximate surface area is 118 Å². The van der Waals surface area contributed by atoms with Crippen LogP contribution in [-0.4, -0.2) is 13.4 Å². The van der Waals surface area contributed by atoms with Gasteiger partial charge in [-0.15, -0.1) is 0 Å². The van der Waals surface area contributed by atoms with Crippen molar-refractivity contribution in [2.75, 3.05) is 10.5 Å². The minimum atomic E-state index is -3.74. The topological polar surface area (TPSA) is 85.1 Å². The van der Waals surface area contributed by atoms with Crippen molar-refractivity contribution in [3.05, 3.63) is 47.3 Å². The van der Waals surface area contributed by atoms with Gasteiger partial charge in [0.25, 0.3) is 10.0 Å². The van der Waals surface area contributed by atoms with Gasteiger partial charge in [0.2, 0.25) is 0 Å². The van der Waals surface area contributed by atoms with Crippen LogP contribution in [0.4, 0.5) is 11.4 Å². The second kappa shape index (κ2) is 5.13. The van der Waals surface area contributed by atoms with Gasteiger partial charge in [-0.3, -0.25) is 9.71 Å². The Hall–Kier alpha value is -2.08. The lowest BCUT2D eigenvalue weighted by atomic mass is 10.1. The van der Waals surface area contributed by atoms with Gasteiger partial charge in [0, 0.05) is 12.4 Å². The fraction of sp³-hybridized carbons (Fsp3) is 0.214. The molecule has 0 radical (unpaired) electrons. The van der Waals surface area contributed by atoms with Gasteiger partial charge in [0.15, 0.2) is 0 Å². The average molecular weight is 291 g/mol. The van der Waals surface area contributed by atoms with E-state index in [2.05, 4.69) is 9.71 Å². The summed E-state index contributed by atoms with van der Waals surface area (Å²) in [6.07, 6.45) is 2.70. The smallest absolute Gasteiger partial charge is 0.265 e. The molecule has 2 rings (SSSR count). The van der Waals surface area contributed by atoms with Crippen LogP contribution in [0.3, 0.4) is 0 Å². The van der Waals surface area contributed by atoms with Crippen LogP contribution in [0.2, 0.25) is 0 Å². The highest BCUT2D eigenvalue weighted by Crippen LogP contribution is 2.26. The van der Waals surface area contributed by atoms with E-state index in [-0.39, 0.29) is 10.6 Å². The monoisotopic (exact) mass is 291 g/mol. The Morgan fingerprint density at radius 1 is 1.15 bits per heavy atom. The van der Waals surface area contributed by atoms with E-state index >= 15 is 0 Å². The first-order valence-electron chi connectivity index (χ1n) is 6.11. The summed E-state index contributed by atoms with van der Waals surface area (Å²) in [5.41, 5.74) is 9.28. The summed E-state index contributed by atoms with van der Waals surface area (Å²) >= 11 is 0. The number of rotatable bonds is 3. The Kier molecular flexibility index (Phi) is 3.67. The molecular formula is C14H17N3O2S. The van der Waals surface area contributed by atoms with E-state index in [4.69, 9.17) is 5.73 Å². The summed E-state index contributed by atoms with van der Waals surface area (Å²) in [4.78, 5) is 3.80. The lowest BCUT2D eigenvalue weighted by molar-refractivity contribution is 0.601. The molecule has 0 amide bonds. The molecule has 1 aromatic heterocycles. The zero-order chi connectivity index (χ0) is 14.9. The minimum absolute atomic E-state index is 0.0145. The minimum Gasteiger partial charge on any atom is -0.398 e. The van der Waals surface area contributed by atoms with E-state index < -0.39 is 10.0 Å². The predicted molar refractivity (Wildman–Crippen MR) is 80.1 cm³/mol. The van der Waals surface area contributed by atoms with Gasteiger partial charge >= 0.3 is 0 Å². The van der Waals surface area contributed by atoms with Gasteiger partial charge in [-0.2, -0.15) is 0 Å². The van der Waals surface area contributed by atoms with Crippen molar-refractivity contribution in [2.24, 2.45) is 0 Å². The van der Waals surface area contributed by atoms with Gasteiger partial charge < -0.3 is 5.73 Å². The fourth-order valence-electron chi connectivity index (χ4n) is 2.15. The molecule has 0 atom stereocenters. The van der Waals surface area contributed by atoms with Crippen molar-refractivity contribution in [1.29, 1.82) is 0 Å². The van der Waals surface area contributed by atoms with Gasteiger partial charge in [0.1, 0.15) is 4.90 Å². The molecule has 0 aliphatic rings. The molecule has 0 fully saturated rings. The summed E-state index contributed by atoms with van der Waals surface area (Å²) in [5, 5.41) is 0. The predicted octanol–water partition coefficient (Wildman–Crippen LogP) is 2.39. The Morgan fingerprint density at radius 3 is 2.30 bits per heavy atom. The first-order chi connectivity index (χ1) is 9.31. The molecule has 0 aliphatic heterocycles. The van der Waals surface area contributed by atoms with E-state index in [1.54, 1.807) is 0 Å². The molecule has 0 bridgehead atoms. The molecule has 0 spiro atoms. The van der Waals surface area contributed by atoms with Crippen LogP contribution in [0.15, 0.2) is 35.5 Å². The van der Waals surface area contributed by atoms with E-state index in [9.17, 15) is 8.42 Å². The maximum absolute atomic E-state index is 12.4. The van der Waals surface area contributed by atoms with E-state index in [1.165, 1.54) is 18.5 Å². The van der Waals surface area contributed by atoms with Crippen LogP contribution in [0.25, 0.3) is 0 Å². The first kappa shape index (κ1) is 14.3. The zero-order valence-corrected chi connectivity index (χ0v) is 12.5. The molecule has 1 heterocycles. The molecule has 1 aromatic carbocycles. The largest absolute Gasteiger partial charge is 0.398 e. The van der Waals surface area contributed by atoms with E-state index in [0.717, 1.165) is 16.7 Å². The summed E-state index contributed by atoms with van der Waals surface area (Å²) < 4.78 is 27.4. The number of hydrogen-bond donors (Lipinski definition) is 2. The van der Waals surface area contributed by atoms with Crippen molar-refractivity contribution in [3.8, 4) is 0 Å². The number of nitrogen functional groups attached to an aromatic ring is 1. The lowest BCUT2D eigenvalue weighted by Crippen LogP contribution is -2.16. The van der Waals surface area contributed by atoms with Crippen molar-refractivity contribution in [3.63, 3.8) is 0 Å². The molecule has 0 aliphatic carbocycles. The van der Waals surface area contributed by atoms with Crippen molar-refractivity contribution in [1.82, 2.24) is 4.98 Å². The van der Waals surface area contributed by atoms with Crippen molar-refractivity contribution in [2.45, 2.75) is 25.7 Å². The Balaban J connectivity index is 2.47. The van der Waals surface area contributed by atoms with Gasteiger partial charge in [-0.05, 0) is 38.0 Å². The van der Waals surface area contributed by atoms with Crippen LogP contribution < -0.4 is 10.5 Å². The molecule has 0 unspecified atom stereocenters. The zero-order valence-electron chi connectivity index (χ0n) is 11.6. The van der Waals surface area contributed by atoms with E-state index in [0.29, 0.717) is 5.69 Å². The van der Waals surface area contributed by atoms with Crippen LogP contribution in [-0.2, 0) is 10.0 Å². The SMILES string of the molecule is Cc1cc(C)c(NS(=O)(=O)c2cnccc2N)c(C)c1. The standard InChI is InChI=1S/C14H17N3O2S/c1-9-6-10(2)14(11(3)7-9)17-20(18,19)13-8-16-5-4-12(13)15/h4-8,17H,1-3H3,(H2,15,16).